The summed E-state index contributed by atoms with van der Waals surface area (Å²) in [7, 11) is 0. The molecule has 4 rings (SSSR count). The van der Waals surface area contributed by atoms with Crippen LogP contribution in [-0.2, 0) is 30.5 Å². The van der Waals surface area contributed by atoms with Crippen LogP contribution in [0.2, 0.25) is 0 Å². The molecule has 43 heavy (non-hydrogen) atoms. The van der Waals surface area contributed by atoms with Gasteiger partial charge < -0.3 is 30.3 Å². The number of nitrogens with zero attached hydrogens (tertiary/aromatic N) is 1. The Morgan fingerprint density at radius 3 is 2.23 bits per heavy atom. The number of anilines is 1. The SMILES string of the molecule is Cc1cccc(C)c1NC(=O)C(=O)C(COCc1ccccc1)NC(=O)[C@@H](CC1CCCCC1)NC(=O)N1CCOCC1. The summed E-state index contributed by atoms with van der Waals surface area (Å²) < 4.78 is 11.2. The van der Waals surface area contributed by atoms with Gasteiger partial charge in [0.2, 0.25) is 11.7 Å². The molecule has 1 aliphatic carbocycles. The van der Waals surface area contributed by atoms with Crippen LogP contribution in [0.3, 0.4) is 0 Å². The van der Waals surface area contributed by atoms with Gasteiger partial charge in [0.25, 0.3) is 5.91 Å². The summed E-state index contributed by atoms with van der Waals surface area (Å²) in [4.78, 5) is 55.2. The van der Waals surface area contributed by atoms with Gasteiger partial charge >= 0.3 is 6.03 Å². The number of hydrogen-bond acceptors (Lipinski definition) is 6. The zero-order valence-corrected chi connectivity index (χ0v) is 25.2. The molecule has 1 heterocycles. The number of carbonyl (C=O) groups excluding carboxylic acids is 4. The molecule has 1 aliphatic heterocycles. The first kappa shape index (κ1) is 32.2. The van der Waals surface area contributed by atoms with E-state index in [1.165, 1.54) is 0 Å². The number of Topliss-reactive ketones (excluding diaryl/α,β-unsaturated/α-hetero) is 1. The molecule has 2 fully saturated rings. The standard InChI is InChI=1S/C33H44N4O6/c1-23-10-9-11-24(2)29(23)36-32(40)30(38)28(22-43-21-26-14-7-4-8-15-26)34-31(39)27(20-25-12-5-3-6-13-25)35-33(41)37-16-18-42-19-17-37/h4,7-11,14-15,25,27-28H,3,5-6,12-13,16-22H2,1-2H3,(H,34,39)(H,35,41)(H,36,40)/t27-,28?/m1/s1. The van der Waals surface area contributed by atoms with Gasteiger partial charge in [-0.3, -0.25) is 14.4 Å². The van der Waals surface area contributed by atoms with Crippen molar-refractivity contribution in [2.75, 3.05) is 38.2 Å². The number of benzene rings is 2. The van der Waals surface area contributed by atoms with Crippen molar-refractivity contribution >= 4 is 29.3 Å². The summed E-state index contributed by atoms with van der Waals surface area (Å²) >= 11 is 0. The van der Waals surface area contributed by atoms with Crippen molar-refractivity contribution in [3.05, 3.63) is 65.2 Å². The quantitative estimate of drug-likeness (QED) is 0.321. The molecular weight excluding hydrogens is 548 g/mol. The van der Waals surface area contributed by atoms with Crippen molar-refractivity contribution in [2.24, 2.45) is 5.92 Å². The van der Waals surface area contributed by atoms with E-state index in [0.29, 0.717) is 38.4 Å². The van der Waals surface area contributed by atoms with E-state index in [1.807, 2.05) is 62.4 Å². The third-order valence-electron chi connectivity index (χ3n) is 8.18. The summed E-state index contributed by atoms with van der Waals surface area (Å²) in [5.74, 6) is -1.88. The van der Waals surface area contributed by atoms with E-state index in [0.717, 1.165) is 48.8 Å². The van der Waals surface area contributed by atoms with Crippen LogP contribution in [-0.4, -0.2) is 73.5 Å². The van der Waals surface area contributed by atoms with Gasteiger partial charge in [0, 0.05) is 18.8 Å². The lowest BCUT2D eigenvalue weighted by Crippen LogP contribution is -2.57. The fourth-order valence-corrected chi connectivity index (χ4v) is 5.66. The number of amides is 4. The van der Waals surface area contributed by atoms with Crippen LogP contribution in [0.4, 0.5) is 10.5 Å². The van der Waals surface area contributed by atoms with E-state index >= 15 is 0 Å². The highest BCUT2D eigenvalue weighted by atomic mass is 16.5. The van der Waals surface area contributed by atoms with E-state index in [9.17, 15) is 19.2 Å². The molecule has 1 saturated carbocycles. The Hall–Kier alpha value is -3.76. The van der Waals surface area contributed by atoms with Crippen LogP contribution in [0.5, 0.6) is 0 Å². The summed E-state index contributed by atoms with van der Waals surface area (Å²) in [6.07, 6.45) is 5.77. The van der Waals surface area contributed by atoms with Crippen LogP contribution in [0, 0.1) is 19.8 Å². The Morgan fingerprint density at radius 2 is 1.56 bits per heavy atom. The molecule has 1 unspecified atom stereocenters. The predicted octanol–water partition coefficient (Wildman–Crippen LogP) is 3.89. The van der Waals surface area contributed by atoms with Gasteiger partial charge in [-0.1, -0.05) is 80.6 Å². The van der Waals surface area contributed by atoms with E-state index in [4.69, 9.17) is 9.47 Å². The topological polar surface area (TPSA) is 126 Å². The molecule has 0 spiro atoms. The van der Waals surface area contributed by atoms with Gasteiger partial charge in [-0.25, -0.2) is 4.79 Å². The number of carbonyl (C=O) groups is 4. The van der Waals surface area contributed by atoms with Crippen molar-refractivity contribution in [1.29, 1.82) is 0 Å². The molecule has 232 valence electrons. The predicted molar refractivity (Wildman–Crippen MR) is 163 cm³/mol. The van der Waals surface area contributed by atoms with Gasteiger partial charge in [-0.15, -0.1) is 0 Å². The highest BCUT2D eigenvalue weighted by Gasteiger charge is 2.33. The number of aryl methyl sites for hydroxylation is 2. The zero-order valence-electron chi connectivity index (χ0n) is 25.2. The smallest absolute Gasteiger partial charge is 0.318 e. The second-order valence-electron chi connectivity index (χ2n) is 11.5. The van der Waals surface area contributed by atoms with E-state index < -0.39 is 29.7 Å². The number of ketones is 1. The Bertz CT molecular complexity index is 1220. The molecule has 0 bridgehead atoms. The fraction of sp³-hybridized carbons (Fsp3) is 0.515. The highest BCUT2D eigenvalue weighted by molar-refractivity contribution is 6.42. The molecular formula is C33H44N4O6. The van der Waals surface area contributed by atoms with Crippen molar-refractivity contribution in [3.8, 4) is 0 Å². The molecule has 0 aromatic heterocycles. The Kier molecular flexibility index (Phi) is 12.1. The summed E-state index contributed by atoms with van der Waals surface area (Å²) in [5.41, 5.74) is 3.10. The molecule has 2 aliphatic rings. The second-order valence-corrected chi connectivity index (χ2v) is 11.5. The van der Waals surface area contributed by atoms with Gasteiger partial charge in [0.1, 0.15) is 12.1 Å². The minimum absolute atomic E-state index is 0.201. The number of rotatable bonds is 12. The molecule has 4 amide bonds. The monoisotopic (exact) mass is 592 g/mol. The molecule has 2 atom stereocenters. The van der Waals surface area contributed by atoms with Crippen molar-refractivity contribution in [3.63, 3.8) is 0 Å². The van der Waals surface area contributed by atoms with Crippen LogP contribution >= 0.6 is 0 Å². The maximum absolute atomic E-state index is 13.8. The van der Waals surface area contributed by atoms with Crippen molar-refractivity contribution < 1.29 is 28.7 Å². The minimum Gasteiger partial charge on any atom is -0.378 e. The largest absolute Gasteiger partial charge is 0.378 e. The Morgan fingerprint density at radius 1 is 0.884 bits per heavy atom. The lowest BCUT2D eigenvalue weighted by molar-refractivity contribution is -0.139. The fourth-order valence-electron chi connectivity index (χ4n) is 5.66. The number of para-hydroxylation sites is 1. The number of hydrogen-bond donors (Lipinski definition) is 3. The maximum Gasteiger partial charge on any atom is 0.318 e. The number of urea groups is 1. The van der Waals surface area contributed by atoms with Crippen LogP contribution < -0.4 is 16.0 Å². The molecule has 1 saturated heterocycles. The van der Waals surface area contributed by atoms with Gasteiger partial charge in [-0.2, -0.15) is 0 Å². The van der Waals surface area contributed by atoms with E-state index in [-0.39, 0.29) is 25.2 Å². The molecule has 10 heteroatoms. The number of ether oxygens (including phenoxy) is 2. The second kappa shape index (κ2) is 16.2. The van der Waals surface area contributed by atoms with E-state index in [2.05, 4.69) is 16.0 Å². The lowest BCUT2D eigenvalue weighted by Gasteiger charge is -2.31. The number of nitrogens with one attached hydrogen (secondary N) is 3. The molecule has 3 N–H and O–H groups in total. The number of morpholine rings is 1. The minimum atomic E-state index is -1.24. The lowest BCUT2D eigenvalue weighted by atomic mass is 9.84. The Balaban J connectivity index is 1.49. The summed E-state index contributed by atoms with van der Waals surface area (Å²) in [5, 5.41) is 8.40. The van der Waals surface area contributed by atoms with Gasteiger partial charge in [0.15, 0.2) is 0 Å². The first-order valence-corrected chi connectivity index (χ1v) is 15.3. The first-order valence-electron chi connectivity index (χ1n) is 15.3. The van der Waals surface area contributed by atoms with Crippen LogP contribution in [0.1, 0.15) is 55.2 Å². The Labute approximate surface area is 253 Å². The summed E-state index contributed by atoms with van der Waals surface area (Å²) in [6, 6.07) is 12.6. The van der Waals surface area contributed by atoms with Crippen LogP contribution in [0.15, 0.2) is 48.5 Å². The highest BCUT2D eigenvalue weighted by Crippen LogP contribution is 2.27. The first-order chi connectivity index (χ1) is 20.8. The molecule has 10 nitrogen and oxygen atoms in total. The zero-order chi connectivity index (χ0) is 30.6. The average Bonchev–Trinajstić information content (AvgIpc) is 3.03. The summed E-state index contributed by atoms with van der Waals surface area (Å²) in [6.45, 7) is 5.47. The van der Waals surface area contributed by atoms with Crippen LogP contribution in [0.25, 0.3) is 0 Å². The molecule has 0 radical (unpaired) electrons. The van der Waals surface area contributed by atoms with Gasteiger partial charge in [-0.05, 0) is 42.9 Å². The van der Waals surface area contributed by atoms with E-state index in [1.54, 1.807) is 4.90 Å². The molecule has 2 aromatic carbocycles. The molecule has 2 aromatic rings. The normalized spacial score (nSPS) is 17.0. The van der Waals surface area contributed by atoms with Crippen molar-refractivity contribution in [2.45, 2.75) is 71.1 Å². The van der Waals surface area contributed by atoms with Crippen molar-refractivity contribution in [1.82, 2.24) is 15.5 Å². The maximum atomic E-state index is 13.8. The van der Waals surface area contributed by atoms with Gasteiger partial charge in [0.05, 0.1) is 26.4 Å². The average molecular weight is 593 g/mol. The third-order valence-corrected chi connectivity index (χ3v) is 8.18. The third kappa shape index (κ3) is 9.62.